The van der Waals surface area contributed by atoms with Gasteiger partial charge in [0.2, 0.25) is 11.8 Å². The number of hydrogen-bond acceptors (Lipinski definition) is 4. The Hall–Kier alpha value is -5.68. The number of anilines is 1. The molecule has 8 heteroatoms. The molecule has 0 atom stereocenters. The van der Waals surface area contributed by atoms with Crippen LogP contribution in [0.5, 0.6) is 0 Å². The third kappa shape index (κ3) is 7.18. The summed E-state index contributed by atoms with van der Waals surface area (Å²) in [5, 5.41) is 5.91. The molecule has 2 aliphatic rings. The van der Waals surface area contributed by atoms with Crippen LogP contribution in [0.1, 0.15) is 94.5 Å². The second kappa shape index (κ2) is 15.3. The van der Waals surface area contributed by atoms with Crippen molar-refractivity contribution < 1.29 is 19.2 Å². The van der Waals surface area contributed by atoms with E-state index in [9.17, 15) is 19.2 Å². The molecule has 0 saturated heterocycles. The van der Waals surface area contributed by atoms with Gasteiger partial charge in [0.05, 0.1) is 12.2 Å². The van der Waals surface area contributed by atoms with E-state index in [1.54, 1.807) is 9.80 Å². The van der Waals surface area contributed by atoms with Crippen molar-refractivity contribution >= 4 is 29.3 Å². The second-order valence-corrected chi connectivity index (χ2v) is 12.8. The Balaban J connectivity index is 1.29. The van der Waals surface area contributed by atoms with Crippen LogP contribution < -0.4 is 15.5 Å². The zero-order chi connectivity index (χ0) is 35.2. The first-order valence-corrected chi connectivity index (χ1v) is 17.4. The van der Waals surface area contributed by atoms with Gasteiger partial charge in [-0.05, 0) is 83.1 Å². The van der Waals surface area contributed by atoms with Crippen molar-refractivity contribution in [3.8, 4) is 23.0 Å². The fourth-order valence-electron chi connectivity index (χ4n) is 6.69. The standard InChI is InChI=1S/C42H42N4O4/c1-4-21-43-41(49)31-16-18-34-35-19-17-32(42(50)44-22-5-2)25-37(35)38(36(34)24-31)27-45(28(3)47)23-20-40(48)46-26-33-12-7-6-10-29(33)14-15-30-11-8-9-13-39(30)46/h6-13,16-19,24-25,38H,4-5,20-23,26-27H2,1-3H3,(H,43,49)(H,44,50). The second-order valence-electron chi connectivity index (χ2n) is 12.8. The molecule has 1 aliphatic heterocycles. The number of amides is 4. The molecule has 0 aromatic heterocycles. The fourth-order valence-corrected chi connectivity index (χ4v) is 6.69. The Morgan fingerprint density at radius 2 is 1.32 bits per heavy atom. The van der Waals surface area contributed by atoms with Crippen LogP contribution in [-0.2, 0) is 16.1 Å². The molecular formula is C42H42N4O4. The smallest absolute Gasteiger partial charge is 0.251 e. The molecule has 50 heavy (non-hydrogen) atoms. The predicted molar refractivity (Wildman–Crippen MR) is 196 cm³/mol. The van der Waals surface area contributed by atoms with Gasteiger partial charge in [0.15, 0.2) is 0 Å². The van der Waals surface area contributed by atoms with Gasteiger partial charge in [0.25, 0.3) is 11.8 Å². The van der Waals surface area contributed by atoms with Gasteiger partial charge in [-0.2, -0.15) is 0 Å². The molecule has 4 aromatic carbocycles. The summed E-state index contributed by atoms with van der Waals surface area (Å²) in [6.07, 6.45) is 1.75. The molecule has 8 nitrogen and oxygen atoms in total. The highest BCUT2D eigenvalue weighted by molar-refractivity contribution is 5.98. The van der Waals surface area contributed by atoms with Crippen LogP contribution >= 0.6 is 0 Å². The van der Waals surface area contributed by atoms with Gasteiger partial charge in [-0.25, -0.2) is 0 Å². The summed E-state index contributed by atoms with van der Waals surface area (Å²) in [5.41, 5.74) is 8.21. The fraction of sp³-hybridized carbons (Fsp3) is 0.286. The number of fused-ring (bicyclic) bond motifs is 5. The molecule has 0 radical (unpaired) electrons. The SMILES string of the molecule is CCCNC(=O)c1ccc2c(c1)C(CN(CCC(=O)N1Cc3ccccc3C#Cc3ccccc31)C(C)=O)c1cc(C(=O)NCCC)ccc1-2. The Bertz CT molecular complexity index is 1950. The van der Waals surface area contributed by atoms with Crippen molar-refractivity contribution in [2.75, 3.05) is 31.1 Å². The van der Waals surface area contributed by atoms with E-state index in [1.807, 2.05) is 98.8 Å². The Morgan fingerprint density at radius 1 is 0.760 bits per heavy atom. The Morgan fingerprint density at radius 3 is 1.92 bits per heavy atom. The first-order valence-electron chi connectivity index (χ1n) is 17.4. The van der Waals surface area contributed by atoms with Gasteiger partial charge >= 0.3 is 0 Å². The topological polar surface area (TPSA) is 98.8 Å². The average molecular weight is 667 g/mol. The summed E-state index contributed by atoms with van der Waals surface area (Å²) in [6, 6.07) is 26.8. The van der Waals surface area contributed by atoms with E-state index in [4.69, 9.17) is 0 Å². The van der Waals surface area contributed by atoms with E-state index in [2.05, 4.69) is 22.5 Å². The highest BCUT2D eigenvalue weighted by Crippen LogP contribution is 2.46. The zero-order valence-corrected chi connectivity index (χ0v) is 28.8. The molecule has 0 spiro atoms. The van der Waals surface area contributed by atoms with Crippen LogP contribution in [0.2, 0.25) is 0 Å². The van der Waals surface area contributed by atoms with Crippen molar-refractivity contribution in [1.82, 2.24) is 15.5 Å². The molecule has 4 amide bonds. The van der Waals surface area contributed by atoms with Gasteiger partial charge in [0.1, 0.15) is 0 Å². The van der Waals surface area contributed by atoms with Crippen LogP contribution in [-0.4, -0.2) is 54.7 Å². The maximum atomic E-state index is 14.1. The Labute approximate surface area is 293 Å². The number of nitrogens with one attached hydrogen (secondary N) is 2. The molecule has 0 unspecified atom stereocenters. The number of rotatable bonds is 11. The lowest BCUT2D eigenvalue weighted by Gasteiger charge is -2.29. The summed E-state index contributed by atoms with van der Waals surface area (Å²) < 4.78 is 0. The van der Waals surface area contributed by atoms with Crippen molar-refractivity contribution in [1.29, 1.82) is 0 Å². The molecule has 2 N–H and O–H groups in total. The van der Waals surface area contributed by atoms with Crippen LogP contribution in [0.3, 0.4) is 0 Å². The predicted octanol–water partition coefficient (Wildman–Crippen LogP) is 6.26. The van der Waals surface area contributed by atoms with Crippen LogP contribution in [0.4, 0.5) is 5.69 Å². The van der Waals surface area contributed by atoms with Gasteiger partial charge < -0.3 is 20.4 Å². The number of benzene rings is 4. The van der Waals surface area contributed by atoms with E-state index in [1.165, 1.54) is 6.92 Å². The minimum absolute atomic E-state index is 0.106. The van der Waals surface area contributed by atoms with Crippen molar-refractivity contribution in [2.24, 2.45) is 0 Å². The third-order valence-electron chi connectivity index (χ3n) is 9.36. The molecule has 0 saturated carbocycles. The molecule has 4 aromatic rings. The largest absolute Gasteiger partial charge is 0.352 e. The highest BCUT2D eigenvalue weighted by Gasteiger charge is 2.33. The number of hydrogen-bond donors (Lipinski definition) is 2. The molecule has 1 aliphatic carbocycles. The maximum Gasteiger partial charge on any atom is 0.251 e. The number of nitrogens with zero attached hydrogens (tertiary/aromatic N) is 2. The highest BCUT2D eigenvalue weighted by atomic mass is 16.2. The summed E-state index contributed by atoms with van der Waals surface area (Å²) >= 11 is 0. The minimum atomic E-state index is -0.304. The molecular weight excluding hydrogens is 624 g/mol. The Kier molecular flexibility index (Phi) is 10.4. The van der Waals surface area contributed by atoms with Gasteiger partial charge in [-0.1, -0.05) is 68.2 Å². The van der Waals surface area contributed by atoms with Gasteiger partial charge in [-0.15, -0.1) is 0 Å². The number of carbonyl (C=O) groups excluding carboxylic acids is 4. The minimum Gasteiger partial charge on any atom is -0.352 e. The zero-order valence-electron chi connectivity index (χ0n) is 28.8. The third-order valence-corrected chi connectivity index (χ3v) is 9.36. The molecule has 1 heterocycles. The first-order chi connectivity index (χ1) is 24.3. The molecule has 0 fully saturated rings. The molecule has 6 rings (SSSR count). The average Bonchev–Trinajstić information content (AvgIpc) is 3.43. The van der Waals surface area contributed by atoms with E-state index in [0.29, 0.717) is 30.8 Å². The summed E-state index contributed by atoms with van der Waals surface area (Å²) in [5.74, 6) is 5.60. The van der Waals surface area contributed by atoms with E-state index < -0.39 is 0 Å². The summed E-state index contributed by atoms with van der Waals surface area (Å²) in [7, 11) is 0. The van der Waals surface area contributed by atoms with Gasteiger partial charge in [-0.3, -0.25) is 19.2 Å². The van der Waals surface area contributed by atoms with Crippen molar-refractivity contribution in [3.63, 3.8) is 0 Å². The van der Waals surface area contributed by atoms with Crippen molar-refractivity contribution in [2.45, 2.75) is 52.5 Å². The van der Waals surface area contributed by atoms with Crippen LogP contribution in [0, 0.1) is 11.8 Å². The van der Waals surface area contributed by atoms with Crippen molar-refractivity contribution in [3.05, 3.63) is 124 Å². The lowest BCUT2D eigenvalue weighted by atomic mass is 9.93. The monoisotopic (exact) mass is 666 g/mol. The molecule has 254 valence electrons. The molecule has 0 bridgehead atoms. The van der Waals surface area contributed by atoms with Crippen LogP contribution in [0.15, 0.2) is 84.9 Å². The van der Waals surface area contributed by atoms with E-state index in [-0.39, 0.29) is 49.1 Å². The lowest BCUT2D eigenvalue weighted by molar-refractivity contribution is -0.129. The maximum absolute atomic E-state index is 14.1. The lowest BCUT2D eigenvalue weighted by Crippen LogP contribution is -2.38. The van der Waals surface area contributed by atoms with Gasteiger partial charge in [0, 0.05) is 67.7 Å². The number of para-hydroxylation sites is 1. The number of carbonyl (C=O) groups is 4. The normalized spacial score (nSPS) is 12.6. The van der Waals surface area contributed by atoms with E-state index in [0.717, 1.165) is 57.5 Å². The summed E-state index contributed by atoms with van der Waals surface area (Å²) in [6.45, 7) is 7.53. The van der Waals surface area contributed by atoms with Crippen LogP contribution in [0.25, 0.3) is 11.1 Å². The quantitative estimate of drug-likeness (QED) is 0.185. The van der Waals surface area contributed by atoms with E-state index >= 15 is 0 Å². The first kappa shape index (κ1) is 34.2. The summed E-state index contributed by atoms with van der Waals surface area (Å²) in [4.78, 5) is 56.8.